The zero-order valence-electron chi connectivity index (χ0n) is 23.9. The van der Waals surface area contributed by atoms with Crippen molar-refractivity contribution in [1.29, 1.82) is 0 Å². The molecule has 0 aromatic rings. The summed E-state index contributed by atoms with van der Waals surface area (Å²) in [5, 5.41) is 2.81. The number of sulfone groups is 1. The first-order valence-electron chi connectivity index (χ1n) is 15.7. The molecule has 0 bridgehead atoms. The lowest BCUT2D eigenvalue weighted by Gasteiger charge is -2.02. The zero-order chi connectivity index (χ0) is 25.7. The van der Waals surface area contributed by atoms with Gasteiger partial charge in [-0.1, -0.05) is 167 Å². The van der Waals surface area contributed by atoms with Gasteiger partial charge in [0.1, 0.15) is 0 Å². The van der Waals surface area contributed by atoms with Crippen LogP contribution in [0.15, 0.2) is 23.0 Å². The SMILES string of the molecule is CCCCCCCCCCCCCCC=CS(=O)(=O)C=CCCCCCCCCCCCCCC. The van der Waals surface area contributed by atoms with E-state index >= 15 is 0 Å². The van der Waals surface area contributed by atoms with Crippen LogP contribution in [0, 0.1) is 0 Å². The van der Waals surface area contributed by atoms with Crippen molar-refractivity contribution in [3.8, 4) is 0 Å². The fourth-order valence-electron chi connectivity index (χ4n) is 4.66. The van der Waals surface area contributed by atoms with Crippen molar-refractivity contribution in [3.05, 3.63) is 23.0 Å². The molecule has 0 fully saturated rings. The van der Waals surface area contributed by atoms with E-state index in [1.807, 2.05) is 12.2 Å². The molecule has 0 N–H and O–H groups in total. The first-order valence-corrected chi connectivity index (χ1v) is 17.3. The molecule has 0 atom stereocenters. The summed E-state index contributed by atoms with van der Waals surface area (Å²) in [4.78, 5) is 0. The molecule has 35 heavy (non-hydrogen) atoms. The predicted molar refractivity (Wildman–Crippen MR) is 159 cm³/mol. The van der Waals surface area contributed by atoms with Crippen molar-refractivity contribution in [1.82, 2.24) is 0 Å². The topological polar surface area (TPSA) is 34.1 Å². The van der Waals surface area contributed by atoms with Gasteiger partial charge in [-0.15, -0.1) is 0 Å². The lowest BCUT2D eigenvalue weighted by Crippen LogP contribution is -1.88. The molecule has 0 unspecified atom stereocenters. The highest BCUT2D eigenvalue weighted by Crippen LogP contribution is 2.14. The number of hydrogen-bond acceptors (Lipinski definition) is 2. The first kappa shape index (κ1) is 34.4. The average Bonchev–Trinajstić information content (AvgIpc) is 2.84. The summed E-state index contributed by atoms with van der Waals surface area (Å²) in [5.41, 5.74) is 0. The normalized spacial score (nSPS) is 12.4. The van der Waals surface area contributed by atoms with Crippen molar-refractivity contribution in [2.45, 2.75) is 181 Å². The van der Waals surface area contributed by atoms with E-state index in [0.29, 0.717) is 0 Å². The number of allylic oxidation sites excluding steroid dienone is 2. The van der Waals surface area contributed by atoms with Crippen molar-refractivity contribution in [2.75, 3.05) is 0 Å². The monoisotopic (exact) mass is 510 g/mol. The van der Waals surface area contributed by atoms with Crippen LogP contribution in [0.4, 0.5) is 0 Å². The maximum atomic E-state index is 12.1. The molecule has 208 valence electrons. The number of unbranched alkanes of at least 4 members (excludes halogenated alkanes) is 24. The van der Waals surface area contributed by atoms with Crippen LogP contribution in [0.2, 0.25) is 0 Å². The molecule has 0 saturated carbocycles. The Morgan fingerprint density at radius 1 is 0.371 bits per heavy atom. The molecule has 0 aliphatic carbocycles. The maximum Gasteiger partial charge on any atom is 0.192 e. The molecule has 0 aromatic heterocycles. The molecule has 0 aliphatic heterocycles. The highest BCUT2D eigenvalue weighted by molar-refractivity contribution is 7.97. The Labute approximate surface area is 221 Å². The third-order valence-electron chi connectivity index (χ3n) is 7.02. The third kappa shape index (κ3) is 29.5. The summed E-state index contributed by atoms with van der Waals surface area (Å²) < 4.78 is 24.2. The van der Waals surface area contributed by atoms with E-state index in [4.69, 9.17) is 0 Å². The fourth-order valence-corrected chi connectivity index (χ4v) is 5.56. The Balaban J connectivity index is 3.47. The summed E-state index contributed by atoms with van der Waals surface area (Å²) in [6.07, 6.45) is 37.5. The van der Waals surface area contributed by atoms with Crippen LogP contribution in [0.3, 0.4) is 0 Å². The molecule has 0 saturated heterocycles. The highest BCUT2D eigenvalue weighted by atomic mass is 32.2. The second-order valence-electron chi connectivity index (χ2n) is 10.7. The van der Waals surface area contributed by atoms with Gasteiger partial charge in [0.25, 0.3) is 0 Å². The third-order valence-corrected chi connectivity index (χ3v) is 8.16. The molecule has 0 spiro atoms. The Hall–Kier alpha value is -0.570. The Morgan fingerprint density at radius 2 is 0.600 bits per heavy atom. The summed E-state index contributed by atoms with van der Waals surface area (Å²) in [6.45, 7) is 4.54. The zero-order valence-corrected chi connectivity index (χ0v) is 24.7. The van der Waals surface area contributed by atoms with Gasteiger partial charge in [-0.05, 0) is 25.7 Å². The van der Waals surface area contributed by atoms with Gasteiger partial charge in [0.2, 0.25) is 0 Å². The van der Waals surface area contributed by atoms with E-state index in [2.05, 4.69) is 13.8 Å². The van der Waals surface area contributed by atoms with E-state index in [-0.39, 0.29) is 0 Å². The Bertz CT molecular complexity index is 518. The van der Waals surface area contributed by atoms with E-state index in [0.717, 1.165) is 25.7 Å². The minimum Gasteiger partial charge on any atom is -0.220 e. The van der Waals surface area contributed by atoms with E-state index < -0.39 is 9.84 Å². The maximum absolute atomic E-state index is 12.1. The molecule has 0 aromatic carbocycles. The summed E-state index contributed by atoms with van der Waals surface area (Å²) in [5.74, 6) is 0. The van der Waals surface area contributed by atoms with Crippen molar-refractivity contribution < 1.29 is 8.42 Å². The molecule has 3 heteroatoms. The van der Waals surface area contributed by atoms with Gasteiger partial charge < -0.3 is 0 Å². The van der Waals surface area contributed by atoms with Crippen LogP contribution in [0.5, 0.6) is 0 Å². The molecule has 0 radical (unpaired) electrons. The molecule has 0 aliphatic rings. The van der Waals surface area contributed by atoms with Gasteiger partial charge in [-0.25, -0.2) is 8.42 Å². The lowest BCUT2D eigenvalue weighted by atomic mass is 10.0. The minimum absolute atomic E-state index is 0.878. The van der Waals surface area contributed by atoms with Crippen molar-refractivity contribution >= 4 is 9.84 Å². The molecule has 2 nitrogen and oxygen atoms in total. The van der Waals surface area contributed by atoms with Crippen LogP contribution in [-0.2, 0) is 9.84 Å². The van der Waals surface area contributed by atoms with Crippen LogP contribution in [0.1, 0.15) is 181 Å². The molecular weight excluding hydrogens is 448 g/mol. The van der Waals surface area contributed by atoms with Gasteiger partial charge in [0, 0.05) is 10.8 Å². The van der Waals surface area contributed by atoms with Gasteiger partial charge in [-0.3, -0.25) is 0 Å². The number of rotatable bonds is 28. The van der Waals surface area contributed by atoms with Crippen LogP contribution in [-0.4, -0.2) is 8.42 Å². The van der Waals surface area contributed by atoms with Gasteiger partial charge in [-0.2, -0.15) is 0 Å². The smallest absolute Gasteiger partial charge is 0.192 e. The van der Waals surface area contributed by atoms with Gasteiger partial charge in [0.15, 0.2) is 9.84 Å². The van der Waals surface area contributed by atoms with Gasteiger partial charge >= 0.3 is 0 Å². The predicted octanol–water partition coefficient (Wildman–Crippen LogP) is 11.6. The Kier molecular flexibility index (Phi) is 27.6. The Morgan fingerprint density at radius 3 is 0.857 bits per heavy atom. The quantitative estimate of drug-likeness (QED) is 0.0980. The van der Waals surface area contributed by atoms with Crippen LogP contribution < -0.4 is 0 Å². The summed E-state index contributed by atoms with van der Waals surface area (Å²) >= 11 is 0. The summed E-state index contributed by atoms with van der Waals surface area (Å²) in [7, 11) is -3.18. The van der Waals surface area contributed by atoms with Gasteiger partial charge in [0.05, 0.1) is 0 Å². The van der Waals surface area contributed by atoms with Crippen LogP contribution in [0.25, 0.3) is 0 Å². The second kappa shape index (κ2) is 28.0. The highest BCUT2D eigenvalue weighted by Gasteiger charge is 1.99. The first-order chi connectivity index (χ1) is 17.1. The molecule has 0 rings (SSSR count). The van der Waals surface area contributed by atoms with E-state index in [1.165, 1.54) is 152 Å². The largest absolute Gasteiger partial charge is 0.220 e. The standard InChI is InChI=1S/C32H62O2S/c1-3-5-7-9-11-13-15-17-19-21-23-25-27-29-31-35(33,34)32-30-28-26-24-22-20-18-16-14-12-10-8-6-4-2/h29-32H,3-28H2,1-2H3. The number of hydrogen-bond donors (Lipinski definition) is 0. The average molecular weight is 511 g/mol. The lowest BCUT2D eigenvalue weighted by molar-refractivity contribution is 0.545. The molecule has 0 amide bonds. The second-order valence-corrected chi connectivity index (χ2v) is 12.4. The van der Waals surface area contributed by atoms with Crippen molar-refractivity contribution in [2.24, 2.45) is 0 Å². The van der Waals surface area contributed by atoms with E-state index in [9.17, 15) is 8.42 Å². The molecular formula is C32H62O2S. The summed E-state index contributed by atoms with van der Waals surface area (Å²) in [6, 6.07) is 0. The van der Waals surface area contributed by atoms with Crippen LogP contribution >= 0.6 is 0 Å². The van der Waals surface area contributed by atoms with Crippen molar-refractivity contribution in [3.63, 3.8) is 0 Å². The fraction of sp³-hybridized carbons (Fsp3) is 0.875. The molecule has 0 heterocycles. The van der Waals surface area contributed by atoms with E-state index in [1.54, 1.807) is 0 Å². The minimum atomic E-state index is -3.18.